The fourth-order valence-corrected chi connectivity index (χ4v) is 7.21. The molecule has 0 bridgehead atoms. The van der Waals surface area contributed by atoms with Crippen LogP contribution < -0.4 is 10.1 Å². The summed E-state index contributed by atoms with van der Waals surface area (Å²) in [6.07, 6.45) is 8.08. The Bertz CT molecular complexity index is 1990. The van der Waals surface area contributed by atoms with Crippen molar-refractivity contribution in [1.82, 2.24) is 15.3 Å². The molecule has 55 heavy (non-hydrogen) atoms. The Morgan fingerprint density at radius 1 is 0.800 bits per heavy atom. The van der Waals surface area contributed by atoms with Gasteiger partial charge < -0.3 is 20.3 Å². The lowest BCUT2D eigenvalue weighted by atomic mass is 9.91. The lowest BCUT2D eigenvalue weighted by molar-refractivity contribution is -0.146. The fraction of sp³-hybridized carbons (Fsp3) is 0.356. The number of aliphatic carboxylic acids is 1. The lowest BCUT2D eigenvalue weighted by Gasteiger charge is -2.24. The first-order valence-electron chi connectivity index (χ1n) is 19.0. The van der Waals surface area contributed by atoms with E-state index in [-0.39, 0.29) is 24.0 Å². The number of hydrogen-bond acceptors (Lipinski definition) is 8. The Morgan fingerprint density at radius 3 is 2.07 bits per heavy atom. The molecule has 5 rings (SSSR count). The Kier molecular flexibility index (Phi) is 14.5. The average molecular weight is 762 g/mol. The van der Waals surface area contributed by atoms with Gasteiger partial charge >= 0.3 is 5.97 Å². The number of carbonyl (C=O) groups is 3. The van der Waals surface area contributed by atoms with Gasteiger partial charge in [-0.1, -0.05) is 120 Å². The molecule has 0 aliphatic heterocycles. The molecule has 0 spiro atoms. The molecule has 1 amide bonds. The molecule has 3 atom stereocenters. The zero-order valence-electron chi connectivity index (χ0n) is 32.0. The maximum Gasteiger partial charge on any atom is 0.329 e. The van der Waals surface area contributed by atoms with Gasteiger partial charge in [0.25, 0.3) is 0 Å². The second-order valence-corrected chi connectivity index (χ2v) is 16.0. The van der Waals surface area contributed by atoms with Crippen LogP contribution in [0.5, 0.6) is 5.75 Å². The first-order valence-corrected chi connectivity index (χ1v) is 19.8. The predicted octanol–water partition coefficient (Wildman–Crippen LogP) is 9.25. The number of nitrogens with zero attached hydrogens (tertiary/aromatic N) is 2. The van der Waals surface area contributed by atoms with Crippen LogP contribution in [0, 0.1) is 5.92 Å². The molecule has 3 N–H and O–H groups in total. The van der Waals surface area contributed by atoms with Gasteiger partial charge in [0.15, 0.2) is 17.6 Å². The number of carboxylic acids is 1. The first kappa shape index (κ1) is 41.0. The third-order valence-electron chi connectivity index (χ3n) is 9.49. The van der Waals surface area contributed by atoms with Crippen LogP contribution in [0.25, 0.3) is 22.5 Å². The van der Waals surface area contributed by atoms with Crippen LogP contribution in [0.15, 0.2) is 103 Å². The number of aliphatic hydroxyl groups excluding tert-OH is 1. The number of hydrogen-bond donors (Lipinski definition) is 3. The molecule has 0 saturated heterocycles. The average Bonchev–Trinajstić information content (AvgIpc) is 3.71. The number of carbonyl (C=O) groups excluding carboxylic acids is 2. The molecule has 2 heterocycles. The number of rotatable bonds is 19. The topological polar surface area (TPSA) is 139 Å². The lowest BCUT2D eigenvalue weighted by Crippen LogP contribution is -2.47. The van der Waals surface area contributed by atoms with E-state index >= 15 is 0 Å². The van der Waals surface area contributed by atoms with Crippen LogP contribution >= 0.6 is 11.3 Å². The van der Waals surface area contributed by atoms with Gasteiger partial charge in [0.1, 0.15) is 11.9 Å². The Balaban J connectivity index is 1.27. The number of Topliss-reactive ketones (excluding diaryl/α,β-unsaturated/α-hetero) is 1. The number of benzene rings is 3. The van der Waals surface area contributed by atoms with Crippen LogP contribution in [-0.2, 0) is 21.4 Å². The van der Waals surface area contributed by atoms with Gasteiger partial charge in [-0.2, -0.15) is 0 Å². The molecule has 5 aromatic rings. The second kappa shape index (κ2) is 19.4. The third kappa shape index (κ3) is 11.7. The molecule has 0 fully saturated rings. The molecule has 10 heteroatoms. The van der Waals surface area contributed by atoms with E-state index in [9.17, 15) is 24.6 Å². The number of amides is 1. The highest BCUT2D eigenvalue weighted by Gasteiger charge is 2.33. The summed E-state index contributed by atoms with van der Waals surface area (Å²) in [5, 5.41) is 23.4. The van der Waals surface area contributed by atoms with E-state index in [1.165, 1.54) is 37.0 Å². The van der Waals surface area contributed by atoms with Gasteiger partial charge in [-0.25, -0.2) is 14.8 Å². The molecule has 0 radical (unpaired) electrons. The highest BCUT2D eigenvalue weighted by atomic mass is 32.1. The predicted molar refractivity (Wildman–Crippen MR) is 217 cm³/mol. The second-order valence-electron chi connectivity index (χ2n) is 14.9. The van der Waals surface area contributed by atoms with Crippen molar-refractivity contribution >= 4 is 29.0 Å². The van der Waals surface area contributed by atoms with Crippen LogP contribution in [0.4, 0.5) is 0 Å². The molecule has 0 aliphatic rings. The van der Waals surface area contributed by atoms with Crippen LogP contribution in [-0.4, -0.2) is 50.5 Å². The van der Waals surface area contributed by atoms with Crippen molar-refractivity contribution in [3.8, 4) is 28.3 Å². The molecule has 288 valence electrons. The SMILES string of the molecule is CCCCCCCOc1ccc(-c2cnc(-c3ccc(C[C@H](CC(=O)c4ccc(C(C)(C)C)s4)C(=O)NC(C(=O)O)[C@@H](O)c4ccccc4)cc3)nc2)cc1. The summed E-state index contributed by atoms with van der Waals surface area (Å²) in [5.74, 6) is -1.74. The molecular weight excluding hydrogens is 711 g/mol. The Morgan fingerprint density at radius 2 is 1.45 bits per heavy atom. The standard InChI is InChI=1S/C45H51N3O6S/c1-5-6-7-8-12-25-54-36-21-19-31(20-22-36)35-28-46-42(47-29-35)33-17-15-30(16-18-33)26-34(27-37(49)38-23-24-39(55-38)45(2,3)4)43(51)48-40(44(52)53)41(50)32-13-10-9-11-14-32/h9-11,13-24,28-29,34,40-41,50H,5-8,12,25-27H2,1-4H3,(H,48,51)(H,52,53)/t34-,40?,41+/m1/s1. The zero-order chi connectivity index (χ0) is 39.4. The monoisotopic (exact) mass is 761 g/mol. The number of aromatic nitrogens is 2. The molecule has 1 unspecified atom stereocenters. The summed E-state index contributed by atoms with van der Waals surface area (Å²) in [7, 11) is 0. The van der Waals surface area contributed by atoms with E-state index in [4.69, 9.17) is 4.74 Å². The minimum atomic E-state index is -1.61. The highest BCUT2D eigenvalue weighted by molar-refractivity contribution is 7.14. The maximum atomic E-state index is 13.8. The van der Waals surface area contributed by atoms with Gasteiger partial charge in [0.2, 0.25) is 5.91 Å². The van der Waals surface area contributed by atoms with Crippen LogP contribution in [0.1, 0.15) is 98.0 Å². The van der Waals surface area contributed by atoms with E-state index in [1.807, 2.05) is 54.6 Å². The van der Waals surface area contributed by atoms with Crippen molar-refractivity contribution in [2.75, 3.05) is 6.61 Å². The van der Waals surface area contributed by atoms with Gasteiger partial charge in [-0.3, -0.25) is 9.59 Å². The number of ketones is 1. The minimum Gasteiger partial charge on any atom is -0.494 e. The van der Waals surface area contributed by atoms with E-state index in [0.29, 0.717) is 22.9 Å². The molecule has 0 saturated carbocycles. The smallest absolute Gasteiger partial charge is 0.329 e. The fourth-order valence-electron chi connectivity index (χ4n) is 6.20. The van der Waals surface area contributed by atoms with Crippen molar-refractivity contribution < 1.29 is 29.3 Å². The largest absolute Gasteiger partial charge is 0.494 e. The number of carboxylic acid groups (broad SMARTS) is 1. The Hall–Kier alpha value is -5.19. The zero-order valence-corrected chi connectivity index (χ0v) is 32.9. The Labute approximate surface area is 327 Å². The summed E-state index contributed by atoms with van der Waals surface area (Å²) in [5.41, 5.74) is 3.63. The summed E-state index contributed by atoms with van der Waals surface area (Å²) in [4.78, 5) is 50.5. The molecule has 3 aromatic carbocycles. The number of ether oxygens (including phenoxy) is 1. The molecule has 0 aliphatic carbocycles. The van der Waals surface area contributed by atoms with Gasteiger partial charge in [-0.05, 0) is 59.2 Å². The van der Waals surface area contributed by atoms with Gasteiger partial charge in [0.05, 0.1) is 11.5 Å². The summed E-state index contributed by atoms with van der Waals surface area (Å²) in [6, 6.07) is 25.8. The van der Waals surface area contributed by atoms with Gasteiger partial charge in [0, 0.05) is 40.7 Å². The number of aliphatic hydroxyl groups is 1. The molecule has 9 nitrogen and oxygen atoms in total. The van der Waals surface area contributed by atoms with Gasteiger partial charge in [-0.15, -0.1) is 11.3 Å². The van der Waals surface area contributed by atoms with Crippen LogP contribution in [0.3, 0.4) is 0 Å². The van der Waals surface area contributed by atoms with Crippen molar-refractivity contribution in [2.45, 2.75) is 90.2 Å². The third-order valence-corrected chi connectivity index (χ3v) is 11.0. The molecular formula is C45H51N3O6S. The number of unbranched alkanes of at least 4 members (excludes halogenated alkanes) is 4. The quantitative estimate of drug-likeness (QED) is 0.0559. The maximum absolute atomic E-state index is 13.8. The van der Waals surface area contributed by atoms with Crippen molar-refractivity contribution in [3.63, 3.8) is 0 Å². The first-order chi connectivity index (χ1) is 26.4. The number of nitrogens with one attached hydrogen (secondary N) is 1. The summed E-state index contributed by atoms with van der Waals surface area (Å²) in [6.45, 7) is 9.14. The minimum absolute atomic E-state index is 0.137. The highest BCUT2D eigenvalue weighted by Crippen LogP contribution is 2.31. The van der Waals surface area contributed by atoms with E-state index < -0.39 is 29.9 Å². The normalized spacial score (nSPS) is 13.1. The van der Waals surface area contributed by atoms with Crippen molar-refractivity contribution in [2.24, 2.45) is 5.92 Å². The summed E-state index contributed by atoms with van der Waals surface area (Å²) >= 11 is 1.40. The van der Waals surface area contributed by atoms with E-state index in [2.05, 4.69) is 43.0 Å². The van der Waals surface area contributed by atoms with Crippen LogP contribution in [0.2, 0.25) is 0 Å². The van der Waals surface area contributed by atoms with Crippen molar-refractivity contribution in [1.29, 1.82) is 0 Å². The molecule has 2 aromatic heterocycles. The number of thiophene rings is 1. The van der Waals surface area contributed by atoms with Crippen molar-refractivity contribution in [3.05, 3.63) is 124 Å². The summed E-state index contributed by atoms with van der Waals surface area (Å²) < 4.78 is 5.90. The van der Waals surface area contributed by atoms with E-state index in [1.54, 1.807) is 48.8 Å². The van der Waals surface area contributed by atoms with E-state index in [0.717, 1.165) is 39.3 Å².